The lowest BCUT2D eigenvalue weighted by Crippen LogP contribution is -2.45. The maximum Gasteiger partial charge on any atom is 0.387 e. The molecule has 1 aromatic carbocycles. The van der Waals surface area contributed by atoms with Gasteiger partial charge in [0, 0.05) is 26.2 Å². The molecule has 1 fully saturated rings. The fourth-order valence-corrected chi connectivity index (χ4v) is 2.29. The summed E-state index contributed by atoms with van der Waals surface area (Å²) in [6, 6.07) is 5.88. The van der Waals surface area contributed by atoms with Crippen LogP contribution in [0.4, 0.5) is 13.2 Å². The number of rotatable bonds is 5. The molecule has 3 nitrogen and oxygen atoms in total. The number of piperazine rings is 1. The molecule has 1 N–H and O–H groups in total. The summed E-state index contributed by atoms with van der Waals surface area (Å²) in [7, 11) is 0. The predicted molar refractivity (Wildman–Crippen MR) is 66.2 cm³/mol. The summed E-state index contributed by atoms with van der Waals surface area (Å²) in [6.45, 7) is -0.299. The zero-order valence-corrected chi connectivity index (χ0v) is 10.5. The zero-order chi connectivity index (χ0) is 13.7. The van der Waals surface area contributed by atoms with Crippen LogP contribution in [0.15, 0.2) is 24.3 Å². The van der Waals surface area contributed by atoms with Gasteiger partial charge < -0.3 is 10.1 Å². The Balaban J connectivity index is 2.12. The van der Waals surface area contributed by atoms with Crippen LogP contribution in [-0.2, 0) is 0 Å². The van der Waals surface area contributed by atoms with Crippen molar-refractivity contribution < 1.29 is 17.9 Å². The van der Waals surface area contributed by atoms with E-state index in [1.807, 2.05) is 4.90 Å². The van der Waals surface area contributed by atoms with Gasteiger partial charge in [-0.05, 0) is 17.7 Å². The minimum atomic E-state index is -2.86. The average Bonchev–Trinajstić information content (AvgIpc) is 2.40. The molecule has 6 heteroatoms. The molecule has 2 rings (SSSR count). The molecule has 0 aromatic heterocycles. The first-order chi connectivity index (χ1) is 9.20. The molecule has 1 heterocycles. The number of hydrogen-bond acceptors (Lipinski definition) is 3. The number of halogens is 3. The Morgan fingerprint density at radius 1 is 1.26 bits per heavy atom. The number of nitrogens with one attached hydrogen (secondary N) is 1. The Labute approximate surface area is 110 Å². The minimum absolute atomic E-state index is 0.0704. The quantitative estimate of drug-likeness (QED) is 0.891. The molecule has 0 aliphatic carbocycles. The highest BCUT2D eigenvalue weighted by Crippen LogP contribution is 2.25. The standard InChI is InChI=1S/C13H17F3N2O/c14-9-12(18-6-4-17-5-7-18)10-2-1-3-11(8-10)19-13(15)16/h1-3,8,12-13,17H,4-7,9H2/t12-/m0/s1. The van der Waals surface area contributed by atoms with Crippen LogP contribution in [0, 0.1) is 0 Å². The summed E-state index contributed by atoms with van der Waals surface area (Å²) >= 11 is 0. The first-order valence-corrected chi connectivity index (χ1v) is 6.26. The van der Waals surface area contributed by atoms with E-state index >= 15 is 0 Å². The topological polar surface area (TPSA) is 24.5 Å². The molecule has 0 unspecified atom stereocenters. The van der Waals surface area contributed by atoms with Gasteiger partial charge in [-0.25, -0.2) is 4.39 Å². The summed E-state index contributed by atoms with van der Waals surface area (Å²) < 4.78 is 42.0. The van der Waals surface area contributed by atoms with Gasteiger partial charge in [0.15, 0.2) is 0 Å². The summed E-state index contributed by atoms with van der Waals surface area (Å²) in [4.78, 5) is 2.01. The highest BCUT2D eigenvalue weighted by Gasteiger charge is 2.22. The Morgan fingerprint density at radius 3 is 2.63 bits per heavy atom. The molecule has 0 radical (unpaired) electrons. The second-order valence-electron chi connectivity index (χ2n) is 4.41. The normalized spacial score (nSPS) is 18.5. The Kier molecular flexibility index (Phi) is 5.04. The molecule has 0 spiro atoms. The van der Waals surface area contributed by atoms with Crippen LogP contribution in [0.5, 0.6) is 5.75 Å². The number of alkyl halides is 3. The number of ether oxygens (including phenoxy) is 1. The molecular formula is C13H17F3N2O. The van der Waals surface area contributed by atoms with Crippen LogP contribution >= 0.6 is 0 Å². The van der Waals surface area contributed by atoms with E-state index in [-0.39, 0.29) is 5.75 Å². The van der Waals surface area contributed by atoms with Crippen molar-refractivity contribution in [1.29, 1.82) is 0 Å². The van der Waals surface area contributed by atoms with Gasteiger partial charge in [0.25, 0.3) is 0 Å². The van der Waals surface area contributed by atoms with Crippen molar-refractivity contribution in [3.05, 3.63) is 29.8 Å². The van der Waals surface area contributed by atoms with Crippen molar-refractivity contribution in [1.82, 2.24) is 10.2 Å². The summed E-state index contributed by atoms with van der Waals surface area (Å²) in [6.07, 6.45) is 0. The highest BCUT2D eigenvalue weighted by atomic mass is 19.3. The summed E-state index contributed by atoms with van der Waals surface area (Å²) in [5, 5.41) is 3.19. The Morgan fingerprint density at radius 2 is 2.00 bits per heavy atom. The fourth-order valence-electron chi connectivity index (χ4n) is 2.29. The summed E-state index contributed by atoms with van der Waals surface area (Å²) in [5.41, 5.74) is 0.669. The van der Waals surface area contributed by atoms with E-state index < -0.39 is 19.3 Å². The molecule has 0 amide bonds. The maximum atomic E-state index is 13.3. The Hall–Kier alpha value is -1.27. The smallest absolute Gasteiger partial charge is 0.387 e. The summed E-state index contributed by atoms with van der Waals surface area (Å²) in [5.74, 6) is 0.0704. The van der Waals surface area contributed by atoms with Crippen molar-refractivity contribution in [2.45, 2.75) is 12.7 Å². The molecule has 0 saturated carbocycles. The number of hydrogen-bond donors (Lipinski definition) is 1. The van der Waals surface area contributed by atoms with Crippen LogP contribution in [-0.4, -0.2) is 44.4 Å². The number of nitrogens with zero attached hydrogens (tertiary/aromatic N) is 1. The van der Waals surface area contributed by atoms with Gasteiger partial charge in [-0.2, -0.15) is 8.78 Å². The lowest BCUT2D eigenvalue weighted by Gasteiger charge is -2.33. The van der Waals surface area contributed by atoms with Crippen molar-refractivity contribution in [3.63, 3.8) is 0 Å². The molecule has 1 aliphatic heterocycles. The molecule has 1 saturated heterocycles. The van der Waals surface area contributed by atoms with Gasteiger partial charge in [-0.1, -0.05) is 12.1 Å². The molecular weight excluding hydrogens is 257 g/mol. The molecule has 19 heavy (non-hydrogen) atoms. The van der Waals surface area contributed by atoms with Crippen molar-refractivity contribution in [2.24, 2.45) is 0 Å². The first kappa shape index (κ1) is 14.1. The minimum Gasteiger partial charge on any atom is -0.435 e. The van der Waals surface area contributed by atoms with E-state index in [1.165, 1.54) is 12.1 Å². The Bertz CT molecular complexity index is 397. The van der Waals surface area contributed by atoms with Crippen molar-refractivity contribution >= 4 is 0 Å². The monoisotopic (exact) mass is 274 g/mol. The van der Waals surface area contributed by atoms with Gasteiger partial charge >= 0.3 is 6.61 Å². The van der Waals surface area contributed by atoms with Gasteiger partial charge in [0.05, 0.1) is 6.04 Å². The van der Waals surface area contributed by atoms with Gasteiger partial charge in [0.2, 0.25) is 0 Å². The third kappa shape index (κ3) is 3.84. The molecule has 1 aromatic rings. The van der Waals surface area contributed by atoms with Crippen LogP contribution in [0.1, 0.15) is 11.6 Å². The van der Waals surface area contributed by atoms with Crippen LogP contribution < -0.4 is 10.1 Å². The third-order valence-corrected chi connectivity index (χ3v) is 3.21. The molecule has 1 atom stereocenters. The molecule has 1 aliphatic rings. The van der Waals surface area contributed by atoms with E-state index in [4.69, 9.17) is 0 Å². The maximum absolute atomic E-state index is 13.3. The number of benzene rings is 1. The predicted octanol–water partition coefficient (Wildman–Crippen LogP) is 2.20. The van der Waals surface area contributed by atoms with Crippen molar-refractivity contribution in [2.75, 3.05) is 32.9 Å². The van der Waals surface area contributed by atoms with Gasteiger partial charge in [-0.3, -0.25) is 4.90 Å². The van der Waals surface area contributed by atoms with E-state index in [1.54, 1.807) is 12.1 Å². The van der Waals surface area contributed by atoms with Crippen LogP contribution in [0.25, 0.3) is 0 Å². The lowest BCUT2D eigenvalue weighted by atomic mass is 10.1. The third-order valence-electron chi connectivity index (χ3n) is 3.21. The van der Waals surface area contributed by atoms with Gasteiger partial charge in [0.1, 0.15) is 12.4 Å². The zero-order valence-electron chi connectivity index (χ0n) is 10.5. The molecule has 0 bridgehead atoms. The lowest BCUT2D eigenvalue weighted by molar-refractivity contribution is -0.0499. The van der Waals surface area contributed by atoms with Crippen molar-refractivity contribution in [3.8, 4) is 5.75 Å². The largest absolute Gasteiger partial charge is 0.435 e. The van der Waals surface area contributed by atoms with E-state index in [0.717, 1.165) is 26.2 Å². The van der Waals surface area contributed by atoms with Crippen LogP contribution in [0.2, 0.25) is 0 Å². The van der Waals surface area contributed by atoms with Crippen LogP contribution in [0.3, 0.4) is 0 Å². The van der Waals surface area contributed by atoms with E-state index in [9.17, 15) is 13.2 Å². The molecule has 106 valence electrons. The highest BCUT2D eigenvalue weighted by molar-refractivity contribution is 5.31. The van der Waals surface area contributed by atoms with Gasteiger partial charge in [-0.15, -0.1) is 0 Å². The SMILES string of the molecule is FC[C@@H](c1cccc(OC(F)F)c1)N1CCNCC1. The van der Waals surface area contributed by atoms with E-state index in [2.05, 4.69) is 10.1 Å². The fraction of sp³-hybridized carbons (Fsp3) is 0.538. The second kappa shape index (κ2) is 6.77. The first-order valence-electron chi connectivity index (χ1n) is 6.26. The second-order valence-corrected chi connectivity index (χ2v) is 4.41. The van der Waals surface area contributed by atoms with E-state index in [0.29, 0.717) is 5.56 Å². The average molecular weight is 274 g/mol.